The first-order valence-electron chi connectivity index (χ1n) is 8.89. The van der Waals surface area contributed by atoms with Crippen LogP contribution in [-0.2, 0) is 11.2 Å². The number of nitrogens with one attached hydrogen (secondary N) is 1. The van der Waals surface area contributed by atoms with Crippen molar-refractivity contribution in [2.45, 2.75) is 25.3 Å². The van der Waals surface area contributed by atoms with E-state index in [2.05, 4.69) is 45.5 Å². The number of halogens is 1. The molecular weight excluding hydrogens is 390 g/mol. The Labute approximate surface area is 161 Å². The van der Waals surface area contributed by atoms with Crippen LogP contribution in [0.25, 0.3) is 10.8 Å². The van der Waals surface area contributed by atoms with Gasteiger partial charge in [0, 0.05) is 0 Å². The SMILES string of the molecule is O=C(COc1ccc2ccccc2c1Br)N[C@H]1CCCc2ccccc21. The fourth-order valence-electron chi connectivity index (χ4n) is 3.61. The molecule has 3 aromatic rings. The molecule has 0 aliphatic heterocycles. The molecular formula is C22H20BrNO2. The van der Waals surface area contributed by atoms with Crippen LogP contribution in [0.2, 0.25) is 0 Å². The fraction of sp³-hybridized carbons (Fsp3) is 0.227. The number of benzene rings is 3. The van der Waals surface area contributed by atoms with Gasteiger partial charge in [-0.15, -0.1) is 0 Å². The van der Waals surface area contributed by atoms with Crippen LogP contribution < -0.4 is 10.1 Å². The third kappa shape index (κ3) is 3.47. The second-order valence-electron chi connectivity index (χ2n) is 6.60. The number of rotatable bonds is 4. The highest BCUT2D eigenvalue weighted by molar-refractivity contribution is 9.10. The van der Waals surface area contributed by atoms with Crippen molar-refractivity contribution in [1.82, 2.24) is 5.32 Å². The van der Waals surface area contributed by atoms with Crippen LogP contribution in [0, 0.1) is 0 Å². The first-order valence-corrected chi connectivity index (χ1v) is 9.69. The quantitative estimate of drug-likeness (QED) is 0.644. The van der Waals surface area contributed by atoms with Gasteiger partial charge in [0.1, 0.15) is 5.75 Å². The molecule has 132 valence electrons. The molecule has 4 heteroatoms. The Morgan fingerprint density at radius 1 is 1.08 bits per heavy atom. The van der Waals surface area contributed by atoms with Crippen molar-refractivity contribution < 1.29 is 9.53 Å². The van der Waals surface area contributed by atoms with E-state index in [4.69, 9.17) is 4.74 Å². The summed E-state index contributed by atoms with van der Waals surface area (Å²) in [5.41, 5.74) is 2.57. The molecule has 0 radical (unpaired) electrons. The molecule has 0 saturated heterocycles. The van der Waals surface area contributed by atoms with Crippen molar-refractivity contribution in [2.75, 3.05) is 6.61 Å². The number of hydrogen-bond acceptors (Lipinski definition) is 2. The Bertz CT molecular complexity index is 954. The molecule has 0 fully saturated rings. The van der Waals surface area contributed by atoms with Crippen molar-refractivity contribution in [3.63, 3.8) is 0 Å². The smallest absolute Gasteiger partial charge is 0.258 e. The Morgan fingerprint density at radius 2 is 1.88 bits per heavy atom. The maximum absolute atomic E-state index is 12.4. The zero-order valence-corrected chi connectivity index (χ0v) is 16.0. The summed E-state index contributed by atoms with van der Waals surface area (Å²) in [4.78, 5) is 12.4. The highest BCUT2D eigenvalue weighted by atomic mass is 79.9. The normalized spacial score (nSPS) is 16.1. The second-order valence-corrected chi connectivity index (χ2v) is 7.39. The third-order valence-corrected chi connectivity index (χ3v) is 5.71. The minimum absolute atomic E-state index is 0.00953. The van der Waals surface area contributed by atoms with Crippen molar-refractivity contribution in [3.05, 3.63) is 76.3 Å². The van der Waals surface area contributed by atoms with Crippen LogP contribution in [0.15, 0.2) is 65.1 Å². The van der Waals surface area contributed by atoms with Crippen LogP contribution in [0.4, 0.5) is 0 Å². The second kappa shape index (κ2) is 7.50. The fourth-order valence-corrected chi connectivity index (χ4v) is 4.22. The molecule has 4 rings (SSSR count). The Morgan fingerprint density at radius 3 is 2.81 bits per heavy atom. The summed E-state index contributed by atoms with van der Waals surface area (Å²) in [6, 6.07) is 20.4. The molecule has 0 saturated carbocycles. The van der Waals surface area contributed by atoms with E-state index in [1.54, 1.807) is 0 Å². The Balaban J connectivity index is 1.43. The Kier molecular flexibility index (Phi) is 4.93. The molecule has 26 heavy (non-hydrogen) atoms. The van der Waals surface area contributed by atoms with Crippen molar-refractivity contribution >= 4 is 32.6 Å². The van der Waals surface area contributed by atoms with Crippen LogP contribution in [0.5, 0.6) is 5.75 Å². The van der Waals surface area contributed by atoms with Gasteiger partial charge in [-0.1, -0.05) is 54.6 Å². The summed E-state index contributed by atoms with van der Waals surface area (Å²) in [6.45, 7) is 0.00953. The van der Waals surface area contributed by atoms with Gasteiger partial charge in [-0.25, -0.2) is 0 Å². The molecule has 1 aliphatic carbocycles. The first-order chi connectivity index (χ1) is 12.7. The maximum atomic E-state index is 12.4. The molecule has 3 nitrogen and oxygen atoms in total. The topological polar surface area (TPSA) is 38.3 Å². The zero-order chi connectivity index (χ0) is 17.9. The highest BCUT2D eigenvalue weighted by Gasteiger charge is 2.21. The number of carbonyl (C=O) groups is 1. The molecule has 0 bridgehead atoms. The van der Waals surface area contributed by atoms with Gasteiger partial charge in [-0.05, 0) is 63.2 Å². The molecule has 1 atom stereocenters. The summed E-state index contributed by atoms with van der Waals surface area (Å²) in [6.07, 6.45) is 3.16. The number of fused-ring (bicyclic) bond motifs is 2. The molecule has 3 aromatic carbocycles. The minimum Gasteiger partial charge on any atom is -0.483 e. The zero-order valence-electron chi connectivity index (χ0n) is 14.4. The van der Waals surface area contributed by atoms with Crippen molar-refractivity contribution in [1.29, 1.82) is 0 Å². The lowest BCUT2D eigenvalue weighted by Gasteiger charge is -2.26. The van der Waals surface area contributed by atoms with E-state index in [9.17, 15) is 4.79 Å². The van der Waals surface area contributed by atoms with E-state index >= 15 is 0 Å². The van der Waals surface area contributed by atoms with Gasteiger partial charge < -0.3 is 10.1 Å². The van der Waals surface area contributed by atoms with E-state index in [0.29, 0.717) is 5.75 Å². The molecule has 0 unspecified atom stereocenters. The van der Waals surface area contributed by atoms with E-state index in [0.717, 1.165) is 34.5 Å². The molecule has 0 spiro atoms. The van der Waals surface area contributed by atoms with Gasteiger partial charge in [0.05, 0.1) is 10.5 Å². The average Bonchev–Trinajstić information content (AvgIpc) is 2.68. The largest absolute Gasteiger partial charge is 0.483 e. The molecule has 1 amide bonds. The van der Waals surface area contributed by atoms with Crippen LogP contribution >= 0.6 is 15.9 Å². The summed E-state index contributed by atoms with van der Waals surface area (Å²) in [7, 11) is 0. The molecule has 0 heterocycles. The van der Waals surface area contributed by atoms with Crippen molar-refractivity contribution in [2.24, 2.45) is 0 Å². The number of carbonyl (C=O) groups excluding carboxylic acids is 1. The number of amides is 1. The summed E-state index contributed by atoms with van der Waals surface area (Å²) in [5.74, 6) is 0.592. The van der Waals surface area contributed by atoms with Gasteiger partial charge in [-0.2, -0.15) is 0 Å². The lowest BCUT2D eigenvalue weighted by atomic mass is 9.88. The van der Waals surface area contributed by atoms with E-state index < -0.39 is 0 Å². The monoisotopic (exact) mass is 409 g/mol. The van der Waals surface area contributed by atoms with Crippen LogP contribution in [0.1, 0.15) is 30.0 Å². The van der Waals surface area contributed by atoms with Gasteiger partial charge >= 0.3 is 0 Å². The van der Waals surface area contributed by atoms with Crippen molar-refractivity contribution in [3.8, 4) is 5.75 Å². The molecule has 0 aromatic heterocycles. The molecule has 1 N–H and O–H groups in total. The number of aryl methyl sites for hydroxylation is 1. The van der Waals surface area contributed by atoms with Gasteiger partial charge in [0.25, 0.3) is 5.91 Å². The van der Waals surface area contributed by atoms with Gasteiger partial charge in [0.15, 0.2) is 6.61 Å². The predicted molar refractivity (Wildman–Crippen MR) is 107 cm³/mol. The van der Waals surface area contributed by atoms with E-state index in [1.807, 2.05) is 36.4 Å². The number of hydrogen-bond donors (Lipinski definition) is 1. The Hall–Kier alpha value is -2.33. The lowest BCUT2D eigenvalue weighted by Crippen LogP contribution is -2.34. The van der Waals surface area contributed by atoms with E-state index in [1.165, 1.54) is 11.1 Å². The molecule has 1 aliphatic rings. The van der Waals surface area contributed by atoms with Gasteiger partial charge in [-0.3, -0.25) is 4.79 Å². The predicted octanol–water partition coefficient (Wildman–Crippen LogP) is 5.17. The van der Waals surface area contributed by atoms with Crippen LogP contribution in [-0.4, -0.2) is 12.5 Å². The minimum atomic E-state index is -0.0910. The highest BCUT2D eigenvalue weighted by Crippen LogP contribution is 2.33. The average molecular weight is 410 g/mol. The summed E-state index contributed by atoms with van der Waals surface area (Å²) in [5, 5.41) is 5.33. The number of ether oxygens (including phenoxy) is 1. The lowest BCUT2D eigenvalue weighted by molar-refractivity contribution is -0.124. The van der Waals surface area contributed by atoms with E-state index in [-0.39, 0.29) is 18.6 Å². The first kappa shape index (κ1) is 17.1. The standard InChI is InChI=1S/C22H20BrNO2/c23-22-18-10-4-2-7-16(18)12-13-20(22)26-14-21(25)24-19-11-5-8-15-6-1-3-9-17(15)19/h1-4,6-7,9-10,12-13,19H,5,8,11,14H2,(H,24,25)/t19-/m0/s1. The summed E-state index contributed by atoms with van der Waals surface area (Å²) < 4.78 is 6.66. The summed E-state index contributed by atoms with van der Waals surface area (Å²) >= 11 is 3.60. The maximum Gasteiger partial charge on any atom is 0.258 e. The third-order valence-electron chi connectivity index (χ3n) is 4.89. The van der Waals surface area contributed by atoms with Gasteiger partial charge in [0.2, 0.25) is 0 Å². The van der Waals surface area contributed by atoms with Crippen LogP contribution in [0.3, 0.4) is 0 Å².